The lowest BCUT2D eigenvalue weighted by atomic mass is 9.96. The van der Waals surface area contributed by atoms with E-state index in [1.165, 1.54) is 12.7 Å². The van der Waals surface area contributed by atoms with Crippen molar-refractivity contribution in [1.29, 1.82) is 0 Å². The van der Waals surface area contributed by atoms with E-state index in [1.54, 1.807) is 11.0 Å². The van der Waals surface area contributed by atoms with Gasteiger partial charge in [-0.1, -0.05) is 35.5 Å². The third-order valence-corrected chi connectivity index (χ3v) is 5.14. The van der Waals surface area contributed by atoms with Crippen LogP contribution in [0.1, 0.15) is 42.6 Å². The van der Waals surface area contributed by atoms with E-state index < -0.39 is 0 Å². The molecule has 0 radical (unpaired) electrons. The van der Waals surface area contributed by atoms with Crippen LogP contribution in [-0.4, -0.2) is 48.9 Å². The minimum absolute atomic E-state index is 0.0426. The van der Waals surface area contributed by atoms with E-state index in [0.29, 0.717) is 19.6 Å². The molecule has 0 unspecified atom stereocenters. The van der Waals surface area contributed by atoms with Crippen LogP contribution in [0.3, 0.4) is 0 Å². The second kappa shape index (κ2) is 8.64. The molecular formula is C19H23N7O2. The molecule has 9 nitrogen and oxygen atoms in total. The maximum absolute atomic E-state index is 12.9. The number of rotatable bonds is 6. The fourth-order valence-corrected chi connectivity index (χ4v) is 3.56. The van der Waals surface area contributed by atoms with E-state index in [4.69, 9.17) is 4.52 Å². The molecule has 1 atom stereocenters. The van der Waals surface area contributed by atoms with E-state index in [-0.39, 0.29) is 18.0 Å². The molecule has 1 saturated heterocycles. The molecule has 0 aliphatic carbocycles. The summed E-state index contributed by atoms with van der Waals surface area (Å²) in [5.74, 6) is 0.982. The number of amides is 2. The van der Waals surface area contributed by atoms with Crippen LogP contribution < -0.4 is 5.32 Å². The first-order chi connectivity index (χ1) is 13.8. The van der Waals surface area contributed by atoms with Crippen LogP contribution in [0.4, 0.5) is 4.79 Å². The molecule has 1 aromatic carbocycles. The van der Waals surface area contributed by atoms with Crippen molar-refractivity contribution in [3.05, 3.63) is 60.8 Å². The number of nitrogens with one attached hydrogen (secondary N) is 1. The van der Waals surface area contributed by atoms with Crippen molar-refractivity contribution in [2.45, 2.75) is 37.8 Å². The van der Waals surface area contributed by atoms with Crippen LogP contribution in [0.15, 0.2) is 53.9 Å². The summed E-state index contributed by atoms with van der Waals surface area (Å²) in [6.07, 6.45) is 6.97. The number of benzene rings is 1. The van der Waals surface area contributed by atoms with Crippen LogP contribution in [0.5, 0.6) is 0 Å². The maximum atomic E-state index is 12.9. The molecule has 0 saturated carbocycles. The highest BCUT2D eigenvalue weighted by molar-refractivity contribution is 5.74. The van der Waals surface area contributed by atoms with Gasteiger partial charge in [0.15, 0.2) is 5.82 Å². The Labute approximate surface area is 162 Å². The van der Waals surface area contributed by atoms with Gasteiger partial charge in [-0.2, -0.15) is 10.1 Å². The molecular weight excluding hydrogens is 358 g/mol. The van der Waals surface area contributed by atoms with Crippen molar-refractivity contribution in [1.82, 2.24) is 35.1 Å². The highest BCUT2D eigenvalue weighted by atomic mass is 16.5. The van der Waals surface area contributed by atoms with Crippen LogP contribution in [0.25, 0.3) is 0 Å². The summed E-state index contributed by atoms with van der Waals surface area (Å²) < 4.78 is 6.61. The average molecular weight is 381 g/mol. The third-order valence-electron chi connectivity index (χ3n) is 5.14. The quantitative estimate of drug-likeness (QED) is 0.703. The summed E-state index contributed by atoms with van der Waals surface area (Å²) in [5, 5.41) is 11.3. The Morgan fingerprint density at radius 2 is 2.07 bits per heavy atom. The van der Waals surface area contributed by atoms with Gasteiger partial charge in [-0.15, -0.1) is 0 Å². The number of urea groups is 1. The van der Waals surface area contributed by atoms with Crippen molar-refractivity contribution in [2.24, 2.45) is 0 Å². The number of aryl methyl sites for hydroxylation is 1. The molecule has 9 heteroatoms. The smallest absolute Gasteiger partial charge is 0.317 e. The number of hydrogen-bond donors (Lipinski definition) is 1. The molecule has 4 rings (SSSR count). The molecule has 28 heavy (non-hydrogen) atoms. The molecule has 0 spiro atoms. The Hall–Kier alpha value is -3.23. The van der Waals surface area contributed by atoms with Gasteiger partial charge in [-0.3, -0.25) is 4.68 Å². The summed E-state index contributed by atoms with van der Waals surface area (Å²) in [7, 11) is 0. The zero-order valence-electron chi connectivity index (χ0n) is 15.5. The van der Waals surface area contributed by atoms with Gasteiger partial charge < -0.3 is 14.7 Å². The topological polar surface area (TPSA) is 102 Å². The first kappa shape index (κ1) is 18.1. The zero-order chi connectivity index (χ0) is 19.2. The van der Waals surface area contributed by atoms with Gasteiger partial charge in [-0.25, -0.2) is 9.78 Å². The summed E-state index contributed by atoms with van der Waals surface area (Å²) in [6.45, 7) is 2.03. The van der Waals surface area contributed by atoms with Crippen LogP contribution in [0, 0.1) is 0 Å². The molecule has 1 N–H and O–H groups in total. The SMILES string of the molecule is O=C(N[C@H](CCn1cncn1)c1ccccc1)N1CCC(c2ncon2)CC1. The largest absolute Gasteiger partial charge is 0.343 e. The van der Waals surface area contributed by atoms with Crippen LogP contribution in [0.2, 0.25) is 0 Å². The van der Waals surface area contributed by atoms with Gasteiger partial charge in [-0.05, 0) is 24.8 Å². The van der Waals surface area contributed by atoms with E-state index in [2.05, 4.69) is 25.5 Å². The van der Waals surface area contributed by atoms with E-state index in [1.807, 2.05) is 35.2 Å². The van der Waals surface area contributed by atoms with Crippen molar-refractivity contribution in [3.8, 4) is 0 Å². The lowest BCUT2D eigenvalue weighted by molar-refractivity contribution is 0.175. The van der Waals surface area contributed by atoms with Gasteiger partial charge in [0.05, 0.1) is 6.04 Å². The Kier molecular flexibility index (Phi) is 5.60. The first-order valence-corrected chi connectivity index (χ1v) is 9.48. The minimum Gasteiger partial charge on any atom is -0.343 e. The Bertz CT molecular complexity index is 844. The molecule has 1 fully saturated rings. The van der Waals surface area contributed by atoms with Crippen molar-refractivity contribution < 1.29 is 9.32 Å². The van der Waals surface area contributed by atoms with Crippen LogP contribution >= 0.6 is 0 Å². The summed E-state index contributed by atoms with van der Waals surface area (Å²) in [6, 6.07) is 9.89. The Morgan fingerprint density at radius 3 is 2.75 bits per heavy atom. The highest BCUT2D eigenvalue weighted by Gasteiger charge is 2.27. The maximum Gasteiger partial charge on any atom is 0.317 e. The number of carbonyl (C=O) groups excluding carboxylic acids is 1. The molecule has 3 aromatic rings. The number of carbonyl (C=O) groups is 1. The number of nitrogens with zero attached hydrogens (tertiary/aromatic N) is 6. The summed E-state index contributed by atoms with van der Waals surface area (Å²) in [5.41, 5.74) is 1.08. The van der Waals surface area contributed by atoms with Gasteiger partial charge >= 0.3 is 6.03 Å². The predicted octanol–water partition coefficient (Wildman–Crippen LogP) is 2.38. The zero-order valence-corrected chi connectivity index (χ0v) is 15.5. The molecule has 0 bridgehead atoms. The van der Waals surface area contributed by atoms with Gasteiger partial charge in [0.2, 0.25) is 6.39 Å². The highest BCUT2D eigenvalue weighted by Crippen LogP contribution is 2.26. The predicted molar refractivity (Wildman–Crippen MR) is 100 cm³/mol. The lowest BCUT2D eigenvalue weighted by Crippen LogP contribution is -2.45. The summed E-state index contributed by atoms with van der Waals surface area (Å²) in [4.78, 5) is 22.8. The van der Waals surface area contributed by atoms with Crippen molar-refractivity contribution >= 4 is 6.03 Å². The van der Waals surface area contributed by atoms with E-state index in [0.717, 1.165) is 30.7 Å². The van der Waals surface area contributed by atoms with Crippen molar-refractivity contribution in [3.63, 3.8) is 0 Å². The first-order valence-electron chi connectivity index (χ1n) is 9.48. The molecule has 2 amide bonds. The second-order valence-corrected chi connectivity index (χ2v) is 6.91. The Morgan fingerprint density at radius 1 is 1.25 bits per heavy atom. The molecule has 146 valence electrons. The minimum atomic E-state index is -0.0900. The lowest BCUT2D eigenvalue weighted by Gasteiger charge is -2.32. The number of aromatic nitrogens is 5. The molecule has 2 aromatic heterocycles. The molecule has 1 aliphatic rings. The fourth-order valence-electron chi connectivity index (χ4n) is 3.56. The van der Waals surface area contributed by atoms with E-state index in [9.17, 15) is 4.79 Å². The van der Waals surface area contributed by atoms with Gasteiger partial charge in [0.25, 0.3) is 0 Å². The number of hydrogen-bond acceptors (Lipinski definition) is 6. The standard InChI is InChI=1S/C19H23N7O2/c27-19(25-9-6-16(7-10-25)18-21-14-28-24-18)23-17(15-4-2-1-3-5-15)8-11-26-13-20-12-22-26/h1-5,12-14,16-17H,6-11H2,(H,23,27)/t17-/m1/s1. The Balaban J connectivity index is 1.36. The van der Waals surface area contributed by atoms with Gasteiger partial charge in [0.1, 0.15) is 12.7 Å². The van der Waals surface area contributed by atoms with Crippen molar-refractivity contribution in [2.75, 3.05) is 13.1 Å². The normalized spacial score (nSPS) is 16.1. The average Bonchev–Trinajstić information content (AvgIpc) is 3.46. The molecule has 1 aliphatic heterocycles. The number of piperidine rings is 1. The molecule has 3 heterocycles. The number of likely N-dealkylation sites (tertiary alicyclic amines) is 1. The van der Waals surface area contributed by atoms with Crippen LogP contribution in [-0.2, 0) is 6.54 Å². The fraction of sp³-hybridized carbons (Fsp3) is 0.421. The second-order valence-electron chi connectivity index (χ2n) is 6.91. The summed E-state index contributed by atoms with van der Waals surface area (Å²) >= 11 is 0. The third kappa shape index (κ3) is 4.36. The van der Waals surface area contributed by atoms with E-state index >= 15 is 0 Å². The monoisotopic (exact) mass is 381 g/mol. The van der Waals surface area contributed by atoms with Gasteiger partial charge in [0, 0.05) is 25.6 Å².